The molecule has 1 aliphatic heterocycles. The first-order valence-corrected chi connectivity index (χ1v) is 11.1. The van der Waals surface area contributed by atoms with Crippen molar-refractivity contribution in [3.63, 3.8) is 0 Å². The summed E-state index contributed by atoms with van der Waals surface area (Å²) >= 11 is 0. The highest BCUT2D eigenvalue weighted by Crippen LogP contribution is 2.18. The van der Waals surface area contributed by atoms with Gasteiger partial charge in [-0.05, 0) is 44.0 Å². The molecule has 2 aromatic rings. The first-order chi connectivity index (χ1) is 13.2. The Morgan fingerprint density at radius 1 is 1.11 bits per heavy atom. The van der Waals surface area contributed by atoms with E-state index in [0.717, 1.165) is 11.9 Å². The van der Waals surface area contributed by atoms with Crippen LogP contribution in [-0.2, 0) is 27.6 Å². The molecule has 1 aliphatic rings. The fraction of sp³-hybridized carbons (Fsp3) is 0.421. The first kappa shape index (κ1) is 20.1. The van der Waals surface area contributed by atoms with Gasteiger partial charge in [0.05, 0.1) is 17.0 Å². The minimum atomic E-state index is -3.28. The summed E-state index contributed by atoms with van der Waals surface area (Å²) in [5.74, 6) is -0.432. The Morgan fingerprint density at radius 3 is 2.36 bits per heavy atom. The van der Waals surface area contributed by atoms with Crippen LogP contribution in [0, 0.1) is 6.92 Å². The van der Waals surface area contributed by atoms with Gasteiger partial charge in [0.25, 0.3) is 5.91 Å². The number of carbonyl (C=O) groups excluding carboxylic acids is 2. The third kappa shape index (κ3) is 4.09. The van der Waals surface area contributed by atoms with Gasteiger partial charge in [0, 0.05) is 25.9 Å². The van der Waals surface area contributed by atoms with Gasteiger partial charge in [-0.3, -0.25) is 19.3 Å². The standard InChI is InChI=1S/C19H24N4O4S/c1-4-21-17(12-14(2)20-21)19(25)23-11-5-10-22(23)18(24)13-15-6-8-16(9-7-15)28(3,26)27/h6-9,12H,4-5,10-11,13H2,1-3H3. The molecule has 9 heteroatoms. The first-order valence-electron chi connectivity index (χ1n) is 9.16. The van der Waals surface area contributed by atoms with Gasteiger partial charge in [-0.2, -0.15) is 5.10 Å². The molecule has 1 aromatic carbocycles. The zero-order chi connectivity index (χ0) is 20.5. The van der Waals surface area contributed by atoms with Gasteiger partial charge < -0.3 is 0 Å². The van der Waals surface area contributed by atoms with Gasteiger partial charge in [-0.25, -0.2) is 13.4 Å². The average Bonchev–Trinajstić information content (AvgIpc) is 3.27. The monoisotopic (exact) mass is 404 g/mol. The Bertz CT molecular complexity index is 995. The van der Waals surface area contributed by atoms with Gasteiger partial charge in [-0.15, -0.1) is 0 Å². The second kappa shape index (κ2) is 7.75. The molecule has 28 heavy (non-hydrogen) atoms. The Labute approximate surface area is 164 Å². The molecule has 150 valence electrons. The van der Waals surface area contributed by atoms with E-state index in [1.54, 1.807) is 22.9 Å². The quantitative estimate of drug-likeness (QED) is 0.752. The SMILES string of the molecule is CCn1nc(C)cc1C(=O)N1CCCN1C(=O)Cc1ccc(S(C)(=O)=O)cc1. The molecule has 0 radical (unpaired) electrons. The highest BCUT2D eigenvalue weighted by atomic mass is 32.2. The van der Waals surface area contributed by atoms with E-state index in [9.17, 15) is 18.0 Å². The van der Waals surface area contributed by atoms with Crippen LogP contribution in [0.3, 0.4) is 0 Å². The Balaban J connectivity index is 1.75. The third-order valence-corrected chi connectivity index (χ3v) is 5.81. The highest BCUT2D eigenvalue weighted by Gasteiger charge is 2.32. The topological polar surface area (TPSA) is 92.6 Å². The van der Waals surface area contributed by atoms with Crippen molar-refractivity contribution in [1.82, 2.24) is 19.8 Å². The Morgan fingerprint density at radius 2 is 1.75 bits per heavy atom. The smallest absolute Gasteiger partial charge is 0.273 e. The maximum Gasteiger partial charge on any atom is 0.290 e. The molecular formula is C19H24N4O4S. The number of nitrogens with zero attached hydrogens (tertiary/aromatic N) is 4. The molecule has 1 fully saturated rings. The number of aromatic nitrogens is 2. The van der Waals surface area contributed by atoms with Crippen LogP contribution in [0.2, 0.25) is 0 Å². The van der Waals surface area contributed by atoms with Crippen LogP contribution in [0.1, 0.15) is 35.1 Å². The molecule has 0 atom stereocenters. The molecule has 0 unspecified atom stereocenters. The number of amides is 2. The van der Waals surface area contributed by atoms with Gasteiger partial charge in [-0.1, -0.05) is 12.1 Å². The summed E-state index contributed by atoms with van der Waals surface area (Å²) < 4.78 is 24.8. The number of hydrogen-bond donors (Lipinski definition) is 0. The van der Waals surface area contributed by atoms with E-state index < -0.39 is 9.84 Å². The highest BCUT2D eigenvalue weighted by molar-refractivity contribution is 7.90. The molecule has 0 N–H and O–H groups in total. The van der Waals surface area contributed by atoms with Crippen LogP contribution < -0.4 is 0 Å². The van der Waals surface area contributed by atoms with Gasteiger partial charge in [0.1, 0.15) is 5.69 Å². The van der Waals surface area contributed by atoms with Crippen molar-refractivity contribution in [2.45, 2.75) is 38.1 Å². The van der Waals surface area contributed by atoms with Gasteiger partial charge in [0.2, 0.25) is 5.91 Å². The molecule has 8 nitrogen and oxygen atoms in total. The molecule has 0 saturated carbocycles. The normalized spacial score (nSPS) is 14.5. The summed E-state index contributed by atoms with van der Waals surface area (Å²) in [4.78, 5) is 26.0. The number of hydrogen-bond acceptors (Lipinski definition) is 5. The lowest BCUT2D eigenvalue weighted by molar-refractivity contribution is -0.139. The molecule has 2 heterocycles. The van der Waals surface area contributed by atoms with Crippen molar-refractivity contribution in [2.75, 3.05) is 19.3 Å². The summed E-state index contributed by atoms with van der Waals surface area (Å²) in [7, 11) is -3.28. The molecule has 1 aromatic heterocycles. The summed E-state index contributed by atoms with van der Waals surface area (Å²) in [5.41, 5.74) is 1.93. The van der Waals surface area contributed by atoms with Crippen LogP contribution in [0.15, 0.2) is 35.2 Å². The molecule has 0 bridgehead atoms. The van der Waals surface area contributed by atoms with Crippen LogP contribution in [0.4, 0.5) is 0 Å². The van der Waals surface area contributed by atoms with E-state index in [2.05, 4.69) is 5.10 Å². The van der Waals surface area contributed by atoms with Gasteiger partial charge in [0.15, 0.2) is 9.84 Å². The lowest BCUT2D eigenvalue weighted by Gasteiger charge is -2.28. The second-order valence-corrected chi connectivity index (χ2v) is 8.89. The number of hydrazine groups is 1. The van der Waals surface area contributed by atoms with E-state index in [4.69, 9.17) is 0 Å². The molecule has 1 saturated heterocycles. The average molecular weight is 404 g/mol. The lowest BCUT2D eigenvalue weighted by Crippen LogP contribution is -2.46. The molecule has 2 amide bonds. The van der Waals surface area contributed by atoms with E-state index in [1.165, 1.54) is 22.2 Å². The Hall–Kier alpha value is -2.68. The lowest BCUT2D eigenvalue weighted by atomic mass is 10.1. The van der Waals surface area contributed by atoms with E-state index in [0.29, 0.717) is 37.3 Å². The van der Waals surface area contributed by atoms with Crippen molar-refractivity contribution in [3.8, 4) is 0 Å². The molecule has 0 aliphatic carbocycles. The third-order valence-electron chi connectivity index (χ3n) is 4.68. The van der Waals surface area contributed by atoms with E-state index >= 15 is 0 Å². The zero-order valence-electron chi connectivity index (χ0n) is 16.3. The second-order valence-electron chi connectivity index (χ2n) is 6.88. The number of benzene rings is 1. The van der Waals surface area contributed by atoms with Crippen LogP contribution in [-0.4, -0.2) is 59.4 Å². The number of rotatable bonds is 5. The summed E-state index contributed by atoms with van der Waals surface area (Å²) in [5, 5.41) is 7.27. The summed E-state index contributed by atoms with van der Waals surface area (Å²) in [6.45, 7) is 5.27. The molecule has 0 spiro atoms. The maximum absolute atomic E-state index is 13.0. The minimum absolute atomic E-state index is 0.0971. The van der Waals surface area contributed by atoms with Crippen LogP contribution >= 0.6 is 0 Å². The van der Waals surface area contributed by atoms with Crippen molar-refractivity contribution in [3.05, 3.63) is 47.3 Å². The van der Waals surface area contributed by atoms with E-state index in [1.807, 2.05) is 13.8 Å². The number of carbonyl (C=O) groups is 2. The minimum Gasteiger partial charge on any atom is -0.273 e. The largest absolute Gasteiger partial charge is 0.290 e. The van der Waals surface area contributed by atoms with Crippen molar-refractivity contribution in [2.24, 2.45) is 0 Å². The summed E-state index contributed by atoms with van der Waals surface area (Å²) in [6.07, 6.45) is 1.95. The predicted molar refractivity (Wildman–Crippen MR) is 103 cm³/mol. The van der Waals surface area contributed by atoms with Crippen LogP contribution in [0.5, 0.6) is 0 Å². The summed E-state index contributed by atoms with van der Waals surface area (Å²) in [6, 6.07) is 7.98. The molecular weight excluding hydrogens is 380 g/mol. The fourth-order valence-corrected chi connectivity index (χ4v) is 3.92. The van der Waals surface area contributed by atoms with E-state index in [-0.39, 0.29) is 23.1 Å². The van der Waals surface area contributed by atoms with Crippen LogP contribution in [0.25, 0.3) is 0 Å². The fourth-order valence-electron chi connectivity index (χ4n) is 3.29. The maximum atomic E-state index is 13.0. The number of aryl methyl sites for hydroxylation is 2. The van der Waals surface area contributed by atoms with Crippen molar-refractivity contribution in [1.29, 1.82) is 0 Å². The molecule has 3 rings (SSSR count). The zero-order valence-corrected chi connectivity index (χ0v) is 17.1. The van der Waals surface area contributed by atoms with Crippen molar-refractivity contribution < 1.29 is 18.0 Å². The van der Waals surface area contributed by atoms with Crippen molar-refractivity contribution >= 4 is 21.7 Å². The Kier molecular flexibility index (Phi) is 5.55. The van der Waals surface area contributed by atoms with Gasteiger partial charge >= 0.3 is 0 Å². The predicted octanol–water partition coefficient (Wildman–Crippen LogP) is 1.45. The number of sulfone groups is 1.